The van der Waals surface area contributed by atoms with Crippen LogP contribution in [0.3, 0.4) is 0 Å². The van der Waals surface area contributed by atoms with Gasteiger partial charge < -0.3 is 15.5 Å². The van der Waals surface area contributed by atoms with Gasteiger partial charge in [0.2, 0.25) is 5.91 Å². The number of aliphatic hydroxyl groups is 2. The number of unbranched alkanes of at least 4 members (excludes halogenated alkanes) is 32. The maximum absolute atomic E-state index is 12.4. The maximum atomic E-state index is 12.4. The van der Waals surface area contributed by atoms with Crippen LogP contribution < -0.4 is 5.32 Å². The number of carbonyl (C=O) groups excluding carboxylic acids is 1. The van der Waals surface area contributed by atoms with Crippen molar-refractivity contribution in [1.29, 1.82) is 0 Å². The first-order chi connectivity index (χ1) is 30.2. The first-order valence-electron chi connectivity index (χ1n) is 27.0. The highest BCUT2D eigenvalue weighted by Crippen LogP contribution is 2.17. The lowest BCUT2D eigenvalue weighted by Crippen LogP contribution is -2.45. The minimum atomic E-state index is -0.655. The number of carbonyl (C=O) groups is 1. The van der Waals surface area contributed by atoms with Gasteiger partial charge in [-0.25, -0.2) is 0 Å². The van der Waals surface area contributed by atoms with Crippen LogP contribution in [0.4, 0.5) is 0 Å². The van der Waals surface area contributed by atoms with Crippen LogP contribution in [0.5, 0.6) is 0 Å². The lowest BCUT2D eigenvalue weighted by Gasteiger charge is -2.22. The van der Waals surface area contributed by atoms with Gasteiger partial charge in [-0.1, -0.05) is 274 Å². The molecule has 0 aromatic rings. The molecule has 356 valence electrons. The molecule has 4 heteroatoms. The quantitative estimate of drug-likeness (QED) is 0.0422. The fraction of sp³-hybridized carbons (Fsp3) is 0.807. The zero-order valence-corrected chi connectivity index (χ0v) is 40.9. The Morgan fingerprint density at radius 2 is 0.721 bits per heavy atom. The van der Waals surface area contributed by atoms with Crippen LogP contribution in [0, 0.1) is 0 Å². The van der Waals surface area contributed by atoms with Crippen LogP contribution in [-0.2, 0) is 4.79 Å². The molecule has 4 nitrogen and oxygen atoms in total. The summed E-state index contributed by atoms with van der Waals surface area (Å²) in [5, 5.41) is 23.0. The predicted molar refractivity (Wildman–Crippen MR) is 271 cm³/mol. The summed E-state index contributed by atoms with van der Waals surface area (Å²) in [4.78, 5) is 12.4. The minimum absolute atomic E-state index is 0.0312. The van der Waals surface area contributed by atoms with Crippen LogP contribution in [0.15, 0.2) is 60.8 Å². The molecule has 0 fully saturated rings. The van der Waals surface area contributed by atoms with Crippen LogP contribution in [0.25, 0.3) is 0 Å². The Kier molecular flexibility index (Phi) is 50.8. The molecule has 0 aliphatic carbocycles. The Hall–Kier alpha value is -1.91. The van der Waals surface area contributed by atoms with Crippen LogP contribution >= 0.6 is 0 Å². The molecular formula is C57H105NO3. The third kappa shape index (κ3) is 49.0. The highest BCUT2D eigenvalue weighted by atomic mass is 16.3. The smallest absolute Gasteiger partial charge is 0.220 e. The molecule has 0 saturated carbocycles. The molecule has 0 aliphatic heterocycles. The average Bonchev–Trinajstić information content (AvgIpc) is 3.26. The Morgan fingerprint density at radius 1 is 0.410 bits per heavy atom. The number of nitrogens with one attached hydrogen (secondary N) is 1. The van der Waals surface area contributed by atoms with E-state index in [2.05, 4.69) is 79.9 Å². The van der Waals surface area contributed by atoms with Crippen molar-refractivity contribution >= 4 is 5.91 Å². The molecule has 0 spiro atoms. The van der Waals surface area contributed by atoms with Gasteiger partial charge >= 0.3 is 0 Å². The molecular weight excluding hydrogens is 747 g/mol. The molecule has 2 unspecified atom stereocenters. The second kappa shape index (κ2) is 52.4. The van der Waals surface area contributed by atoms with Gasteiger partial charge in [-0.05, 0) is 57.8 Å². The molecule has 1 amide bonds. The first-order valence-corrected chi connectivity index (χ1v) is 27.0. The van der Waals surface area contributed by atoms with Crippen molar-refractivity contribution in [1.82, 2.24) is 5.32 Å². The number of rotatable bonds is 49. The van der Waals surface area contributed by atoms with E-state index in [4.69, 9.17) is 0 Å². The largest absolute Gasteiger partial charge is 0.394 e. The van der Waals surface area contributed by atoms with Gasteiger partial charge in [-0.15, -0.1) is 0 Å². The Balaban J connectivity index is 3.35. The van der Waals surface area contributed by atoms with Crippen molar-refractivity contribution in [2.75, 3.05) is 6.61 Å². The van der Waals surface area contributed by atoms with Gasteiger partial charge in [0.05, 0.1) is 18.8 Å². The van der Waals surface area contributed by atoms with Crippen molar-refractivity contribution in [3.8, 4) is 0 Å². The fourth-order valence-electron chi connectivity index (χ4n) is 8.21. The Labute approximate surface area is 381 Å². The second-order valence-electron chi connectivity index (χ2n) is 18.3. The number of allylic oxidation sites excluding steroid dienone is 10. The molecule has 0 rings (SSSR count). The van der Waals surface area contributed by atoms with E-state index in [1.807, 2.05) is 0 Å². The van der Waals surface area contributed by atoms with Crippen LogP contribution in [-0.4, -0.2) is 34.9 Å². The standard InChI is InChI=1S/C57H105NO3/c1-3-5-7-9-11-13-14-15-16-17-18-19-20-21-22-23-24-25-26-27-28-29-30-31-32-33-34-35-36-37-38-39-40-41-42-43-44-45-47-49-51-53-57(61)58-55(54-59)56(60)52-50-48-46-12-10-8-6-4-2/h5,7,11,13,15-16,18-19,21-22,55-56,59-60H,3-4,6,8-10,12,14,17,20,23-54H2,1-2H3,(H,58,61)/b7-5-,13-11-,16-15-,19-18-,22-21-. The molecule has 0 aromatic heterocycles. The van der Waals surface area contributed by atoms with E-state index >= 15 is 0 Å². The van der Waals surface area contributed by atoms with Gasteiger partial charge in [0.25, 0.3) is 0 Å². The minimum Gasteiger partial charge on any atom is -0.394 e. The normalized spacial score (nSPS) is 13.3. The van der Waals surface area contributed by atoms with Gasteiger partial charge in [0.1, 0.15) is 0 Å². The van der Waals surface area contributed by atoms with Crippen LogP contribution in [0.1, 0.15) is 277 Å². The molecule has 0 aromatic carbocycles. The van der Waals surface area contributed by atoms with E-state index in [1.54, 1.807) is 0 Å². The SMILES string of the molecule is CC/C=C\C/C=C\C/C=C\C/C=C\C/C=C\CCCCCCCCCCCCCCCCCCCCCCCCCCCC(=O)NC(CO)C(O)CCCCCCCCCC. The van der Waals surface area contributed by atoms with E-state index < -0.39 is 12.1 Å². The summed E-state index contributed by atoms with van der Waals surface area (Å²) in [5.74, 6) is -0.0312. The zero-order chi connectivity index (χ0) is 44.2. The van der Waals surface area contributed by atoms with Crippen molar-refractivity contribution in [3.63, 3.8) is 0 Å². The van der Waals surface area contributed by atoms with E-state index in [-0.39, 0.29) is 12.5 Å². The van der Waals surface area contributed by atoms with Gasteiger partial charge in [-0.2, -0.15) is 0 Å². The number of amides is 1. The molecule has 61 heavy (non-hydrogen) atoms. The summed E-state index contributed by atoms with van der Waals surface area (Å²) >= 11 is 0. The highest BCUT2D eigenvalue weighted by molar-refractivity contribution is 5.76. The summed E-state index contributed by atoms with van der Waals surface area (Å²) < 4.78 is 0. The first kappa shape index (κ1) is 59.1. The highest BCUT2D eigenvalue weighted by Gasteiger charge is 2.20. The number of aliphatic hydroxyl groups excluding tert-OH is 2. The third-order valence-corrected chi connectivity index (χ3v) is 12.3. The lowest BCUT2D eigenvalue weighted by atomic mass is 10.0. The fourth-order valence-corrected chi connectivity index (χ4v) is 8.21. The third-order valence-electron chi connectivity index (χ3n) is 12.3. The van der Waals surface area contributed by atoms with Crippen molar-refractivity contribution < 1.29 is 15.0 Å². The van der Waals surface area contributed by atoms with Gasteiger partial charge in [0, 0.05) is 6.42 Å². The average molecular weight is 852 g/mol. The number of hydrogen-bond donors (Lipinski definition) is 3. The second-order valence-corrected chi connectivity index (χ2v) is 18.3. The van der Waals surface area contributed by atoms with E-state index in [0.717, 1.165) is 57.8 Å². The summed E-state index contributed by atoms with van der Waals surface area (Å²) in [5.41, 5.74) is 0. The molecule has 0 heterocycles. The predicted octanol–water partition coefficient (Wildman–Crippen LogP) is 17.6. The summed E-state index contributed by atoms with van der Waals surface area (Å²) in [6, 6.07) is -0.532. The molecule has 3 N–H and O–H groups in total. The van der Waals surface area contributed by atoms with E-state index in [1.165, 1.54) is 193 Å². The summed E-state index contributed by atoms with van der Waals surface area (Å²) in [6.45, 7) is 4.22. The molecule has 0 radical (unpaired) electrons. The van der Waals surface area contributed by atoms with Crippen molar-refractivity contribution in [3.05, 3.63) is 60.8 Å². The topological polar surface area (TPSA) is 69.6 Å². The number of hydrogen-bond acceptors (Lipinski definition) is 3. The summed E-state index contributed by atoms with van der Waals surface area (Å²) in [6.07, 6.45) is 73.8. The molecule has 2 atom stereocenters. The summed E-state index contributed by atoms with van der Waals surface area (Å²) in [7, 11) is 0. The Morgan fingerprint density at radius 3 is 1.08 bits per heavy atom. The van der Waals surface area contributed by atoms with Gasteiger partial charge in [-0.3, -0.25) is 4.79 Å². The van der Waals surface area contributed by atoms with Crippen molar-refractivity contribution in [2.24, 2.45) is 0 Å². The molecule has 0 aliphatic rings. The Bertz CT molecular complexity index is 1010. The zero-order valence-electron chi connectivity index (χ0n) is 40.9. The lowest BCUT2D eigenvalue weighted by molar-refractivity contribution is -0.123. The maximum Gasteiger partial charge on any atom is 0.220 e. The van der Waals surface area contributed by atoms with Crippen LogP contribution in [0.2, 0.25) is 0 Å². The van der Waals surface area contributed by atoms with Crippen molar-refractivity contribution in [2.45, 2.75) is 289 Å². The van der Waals surface area contributed by atoms with E-state index in [0.29, 0.717) is 12.8 Å². The molecule has 0 saturated heterocycles. The molecule has 0 bridgehead atoms. The van der Waals surface area contributed by atoms with Gasteiger partial charge in [0.15, 0.2) is 0 Å². The van der Waals surface area contributed by atoms with E-state index in [9.17, 15) is 15.0 Å². The monoisotopic (exact) mass is 852 g/mol.